The van der Waals surface area contributed by atoms with E-state index < -0.39 is 0 Å². The molecule has 2 heterocycles. The lowest BCUT2D eigenvalue weighted by atomic mass is 9.75. The minimum absolute atomic E-state index is 0.000460. The van der Waals surface area contributed by atoms with Crippen molar-refractivity contribution in [1.82, 2.24) is 10.2 Å². The van der Waals surface area contributed by atoms with Gasteiger partial charge in [-0.25, -0.2) is 4.79 Å². The highest BCUT2D eigenvalue weighted by molar-refractivity contribution is 5.75. The van der Waals surface area contributed by atoms with Crippen LogP contribution in [0.2, 0.25) is 0 Å². The quantitative estimate of drug-likeness (QED) is 0.862. The van der Waals surface area contributed by atoms with Crippen LogP contribution < -0.4 is 5.32 Å². The predicted molar refractivity (Wildman–Crippen MR) is 88.4 cm³/mol. The number of aryl methyl sites for hydroxylation is 1. The molecule has 23 heavy (non-hydrogen) atoms. The zero-order valence-corrected chi connectivity index (χ0v) is 14.8. The molecule has 0 spiro atoms. The Morgan fingerprint density at radius 3 is 2.61 bits per heavy atom. The molecule has 0 radical (unpaired) electrons. The number of nitrogens with one attached hydrogen (secondary N) is 1. The van der Waals surface area contributed by atoms with Crippen molar-refractivity contribution in [3.8, 4) is 0 Å². The number of hydrogen-bond donors (Lipinski definition) is 1. The highest BCUT2D eigenvalue weighted by Gasteiger charge is 2.36. The number of amides is 2. The topological polar surface area (TPSA) is 54.7 Å². The largest absolute Gasteiger partial charge is 0.466 e. The van der Waals surface area contributed by atoms with E-state index in [9.17, 15) is 4.79 Å². The lowest BCUT2D eigenvalue weighted by Gasteiger charge is -2.38. The average molecular weight is 320 g/mol. The van der Waals surface area contributed by atoms with E-state index in [1.165, 1.54) is 0 Å². The van der Waals surface area contributed by atoms with Gasteiger partial charge in [-0.3, -0.25) is 0 Å². The molecule has 3 rings (SSSR count). The molecule has 0 unspecified atom stereocenters. The maximum atomic E-state index is 12.7. The molecule has 1 aromatic rings. The van der Waals surface area contributed by atoms with E-state index >= 15 is 0 Å². The Kier molecular flexibility index (Phi) is 4.17. The van der Waals surface area contributed by atoms with E-state index in [0.29, 0.717) is 13.1 Å². The second-order valence-electron chi connectivity index (χ2n) is 7.95. The zero-order chi connectivity index (χ0) is 16.8. The van der Waals surface area contributed by atoms with Crippen LogP contribution in [0.25, 0.3) is 0 Å². The van der Waals surface area contributed by atoms with Crippen molar-refractivity contribution in [2.45, 2.75) is 65.7 Å². The van der Waals surface area contributed by atoms with Gasteiger partial charge in [0.2, 0.25) is 0 Å². The fraction of sp³-hybridized carbons (Fsp3) is 0.722. The summed E-state index contributed by atoms with van der Waals surface area (Å²) in [5, 5.41) is 3.23. The van der Waals surface area contributed by atoms with E-state index in [1.54, 1.807) is 0 Å². The molecule has 1 N–H and O–H groups in total. The number of hydrogen-bond acceptors (Lipinski definition) is 3. The fourth-order valence-corrected chi connectivity index (χ4v) is 3.90. The molecule has 1 fully saturated rings. The fourth-order valence-electron chi connectivity index (χ4n) is 3.90. The van der Waals surface area contributed by atoms with Gasteiger partial charge < -0.3 is 19.4 Å². The van der Waals surface area contributed by atoms with Gasteiger partial charge in [0.15, 0.2) is 0 Å². The van der Waals surface area contributed by atoms with Crippen LogP contribution in [0.4, 0.5) is 4.79 Å². The van der Waals surface area contributed by atoms with Crippen LogP contribution in [0.1, 0.15) is 57.2 Å². The van der Waals surface area contributed by atoms with Crippen molar-refractivity contribution in [3.63, 3.8) is 0 Å². The molecule has 2 amide bonds. The van der Waals surface area contributed by atoms with E-state index in [-0.39, 0.29) is 29.7 Å². The van der Waals surface area contributed by atoms with Gasteiger partial charge in [0, 0.05) is 25.1 Å². The monoisotopic (exact) mass is 320 g/mol. The van der Waals surface area contributed by atoms with Crippen molar-refractivity contribution in [2.24, 2.45) is 5.41 Å². The average Bonchev–Trinajstić information content (AvgIpc) is 2.76. The predicted octanol–water partition coefficient (Wildman–Crippen LogP) is 3.42. The van der Waals surface area contributed by atoms with Crippen LogP contribution >= 0.6 is 0 Å². The van der Waals surface area contributed by atoms with Crippen molar-refractivity contribution in [1.29, 1.82) is 0 Å². The number of carbonyl (C=O) groups is 1. The second kappa shape index (κ2) is 5.86. The third-order valence-electron chi connectivity index (χ3n) is 4.74. The number of morpholine rings is 1. The van der Waals surface area contributed by atoms with Crippen LogP contribution in [0.15, 0.2) is 10.5 Å². The molecule has 2 aliphatic rings. The van der Waals surface area contributed by atoms with Crippen LogP contribution in [0.3, 0.4) is 0 Å². The number of fused-ring (bicyclic) bond motifs is 1. The summed E-state index contributed by atoms with van der Waals surface area (Å²) in [7, 11) is 0. The first-order valence-electron chi connectivity index (χ1n) is 8.53. The summed E-state index contributed by atoms with van der Waals surface area (Å²) >= 11 is 0. The van der Waals surface area contributed by atoms with Crippen LogP contribution in [0, 0.1) is 12.3 Å². The lowest BCUT2D eigenvalue weighted by Crippen LogP contribution is -2.52. The molecule has 5 heteroatoms. The lowest BCUT2D eigenvalue weighted by molar-refractivity contribution is -0.0549. The molecule has 1 aromatic heterocycles. The van der Waals surface area contributed by atoms with Gasteiger partial charge >= 0.3 is 6.03 Å². The van der Waals surface area contributed by atoms with E-state index in [4.69, 9.17) is 9.15 Å². The van der Waals surface area contributed by atoms with Gasteiger partial charge in [0.25, 0.3) is 0 Å². The molecule has 1 aliphatic heterocycles. The van der Waals surface area contributed by atoms with Gasteiger partial charge in [0.1, 0.15) is 11.5 Å². The Balaban J connectivity index is 1.75. The maximum Gasteiger partial charge on any atom is 0.318 e. The normalized spacial score (nSPS) is 30.0. The minimum atomic E-state index is -0.000460. The highest BCUT2D eigenvalue weighted by atomic mass is 16.5. The number of carbonyl (C=O) groups excluding carboxylic acids is 1. The van der Waals surface area contributed by atoms with Gasteiger partial charge in [-0.1, -0.05) is 13.8 Å². The van der Waals surface area contributed by atoms with Crippen molar-refractivity contribution < 1.29 is 13.9 Å². The van der Waals surface area contributed by atoms with E-state index in [2.05, 4.69) is 25.2 Å². The summed E-state index contributed by atoms with van der Waals surface area (Å²) in [6, 6.07) is 2.09. The Hall–Kier alpha value is -1.49. The van der Waals surface area contributed by atoms with Crippen molar-refractivity contribution >= 4 is 6.03 Å². The Morgan fingerprint density at radius 2 is 1.96 bits per heavy atom. The minimum Gasteiger partial charge on any atom is -0.466 e. The van der Waals surface area contributed by atoms with Gasteiger partial charge in [0.05, 0.1) is 18.2 Å². The number of rotatable bonds is 1. The summed E-state index contributed by atoms with van der Waals surface area (Å²) in [4.78, 5) is 14.6. The number of furan rings is 1. The molecule has 3 atom stereocenters. The smallest absolute Gasteiger partial charge is 0.318 e. The van der Waals surface area contributed by atoms with Crippen molar-refractivity contribution in [2.75, 3.05) is 13.1 Å². The highest BCUT2D eigenvalue weighted by Crippen LogP contribution is 2.42. The first-order valence-corrected chi connectivity index (χ1v) is 8.53. The third kappa shape index (κ3) is 3.55. The Morgan fingerprint density at radius 1 is 1.30 bits per heavy atom. The van der Waals surface area contributed by atoms with Crippen LogP contribution in [-0.4, -0.2) is 36.2 Å². The molecule has 1 aliphatic carbocycles. The summed E-state index contributed by atoms with van der Waals surface area (Å²) < 4.78 is 11.6. The number of ether oxygens (including phenoxy) is 1. The Bertz CT molecular complexity index is 583. The molecule has 0 bridgehead atoms. The molecule has 128 valence electrons. The molecule has 5 nitrogen and oxygen atoms in total. The first-order chi connectivity index (χ1) is 10.7. The van der Waals surface area contributed by atoms with E-state index in [1.807, 2.05) is 25.7 Å². The molecule has 0 aromatic carbocycles. The summed E-state index contributed by atoms with van der Waals surface area (Å²) in [6.45, 7) is 11.7. The summed E-state index contributed by atoms with van der Waals surface area (Å²) in [6.07, 6.45) is 2.02. The third-order valence-corrected chi connectivity index (χ3v) is 4.74. The van der Waals surface area contributed by atoms with Gasteiger partial charge in [-0.2, -0.15) is 0 Å². The van der Waals surface area contributed by atoms with Gasteiger partial charge in [-0.05, 0) is 38.7 Å². The molecule has 1 saturated heterocycles. The number of nitrogens with zero attached hydrogens (tertiary/aromatic N) is 1. The van der Waals surface area contributed by atoms with Crippen molar-refractivity contribution in [3.05, 3.63) is 23.2 Å². The van der Waals surface area contributed by atoms with Gasteiger partial charge in [-0.15, -0.1) is 0 Å². The summed E-state index contributed by atoms with van der Waals surface area (Å²) in [5.41, 5.74) is 1.27. The molecule has 0 saturated carbocycles. The molecular formula is C18H28N2O3. The standard InChI is InChI=1S/C18H28N2O3/c1-11-6-14-15(7-18(4,5)8-16(14)23-11)19-17(21)20-9-12(2)22-13(3)10-20/h6,12-13,15H,7-10H2,1-5H3,(H,19,21)/t12-,13-,15+/m1/s1. The maximum absolute atomic E-state index is 12.7. The van der Waals surface area contributed by atoms with Crippen LogP contribution in [-0.2, 0) is 11.2 Å². The number of urea groups is 1. The first kappa shape index (κ1) is 16.4. The molecular weight excluding hydrogens is 292 g/mol. The Labute approximate surface area is 138 Å². The second-order valence-corrected chi connectivity index (χ2v) is 7.95. The SMILES string of the molecule is Cc1cc2c(o1)CC(C)(C)C[C@@H]2NC(=O)N1C[C@@H](C)O[C@H](C)C1. The van der Waals surface area contributed by atoms with Crippen LogP contribution in [0.5, 0.6) is 0 Å². The van der Waals surface area contributed by atoms with E-state index in [0.717, 1.165) is 29.9 Å². The zero-order valence-electron chi connectivity index (χ0n) is 14.8. The summed E-state index contributed by atoms with van der Waals surface area (Å²) in [5.74, 6) is 1.94.